The second kappa shape index (κ2) is 12.5. The van der Waals surface area contributed by atoms with Crippen LogP contribution >= 0.6 is 0 Å². The van der Waals surface area contributed by atoms with Gasteiger partial charge in [-0.15, -0.1) is 0 Å². The van der Waals surface area contributed by atoms with Crippen molar-refractivity contribution in [3.63, 3.8) is 0 Å². The number of halogens is 3. The molecule has 2 N–H and O–H groups in total. The maximum atomic E-state index is 13.5. The zero-order valence-corrected chi connectivity index (χ0v) is 22.9. The van der Waals surface area contributed by atoms with Gasteiger partial charge in [0.2, 0.25) is 0 Å². The van der Waals surface area contributed by atoms with Crippen LogP contribution in [0.1, 0.15) is 49.3 Å². The number of aliphatic hydroxyl groups excluding tert-OH is 2. The number of aryl methyl sites for hydroxylation is 1. The topological polar surface area (TPSA) is 69.1 Å². The lowest BCUT2D eigenvalue weighted by Gasteiger charge is -2.41. The van der Waals surface area contributed by atoms with Crippen LogP contribution in [-0.2, 0) is 6.42 Å². The summed E-state index contributed by atoms with van der Waals surface area (Å²) in [6.07, 6.45) is 4.96. The van der Waals surface area contributed by atoms with Gasteiger partial charge < -0.3 is 24.7 Å². The number of piperidine rings is 1. The quantitative estimate of drug-likeness (QED) is 0.321. The first-order valence-corrected chi connectivity index (χ1v) is 13.4. The highest BCUT2D eigenvalue weighted by Gasteiger charge is 2.35. The van der Waals surface area contributed by atoms with Gasteiger partial charge in [0.1, 0.15) is 5.75 Å². The number of ether oxygens (including phenoxy) is 1. The lowest BCUT2D eigenvalue weighted by Crippen LogP contribution is -2.42. The molecule has 0 amide bonds. The number of anilines is 1. The van der Waals surface area contributed by atoms with Crippen LogP contribution in [0.2, 0.25) is 0 Å². The van der Waals surface area contributed by atoms with E-state index in [0.29, 0.717) is 37.0 Å². The molecule has 1 aliphatic heterocycles. The third-order valence-corrected chi connectivity index (χ3v) is 8.09. The van der Waals surface area contributed by atoms with Crippen LogP contribution in [0.4, 0.5) is 18.9 Å². The van der Waals surface area contributed by atoms with Gasteiger partial charge in [-0.1, -0.05) is 0 Å². The molecule has 212 valence electrons. The van der Waals surface area contributed by atoms with Crippen molar-refractivity contribution >= 4 is 16.6 Å². The first kappa shape index (κ1) is 29.1. The van der Waals surface area contributed by atoms with E-state index in [1.165, 1.54) is 0 Å². The highest BCUT2D eigenvalue weighted by molar-refractivity contribution is 5.88. The minimum Gasteiger partial charge on any atom is -0.497 e. The molecule has 39 heavy (non-hydrogen) atoms. The summed E-state index contributed by atoms with van der Waals surface area (Å²) in [7, 11) is 5.46. The van der Waals surface area contributed by atoms with Crippen molar-refractivity contribution in [2.75, 3.05) is 52.3 Å². The second-order valence-corrected chi connectivity index (χ2v) is 10.9. The van der Waals surface area contributed by atoms with Crippen LogP contribution in [0.25, 0.3) is 10.9 Å². The fourth-order valence-electron chi connectivity index (χ4n) is 5.60. The van der Waals surface area contributed by atoms with Crippen molar-refractivity contribution in [2.45, 2.75) is 44.6 Å². The Balaban J connectivity index is 1.37. The number of benzene rings is 2. The van der Waals surface area contributed by atoms with Gasteiger partial charge in [-0.2, -0.15) is 0 Å². The molecule has 1 fully saturated rings. The molecule has 3 aromatic rings. The van der Waals surface area contributed by atoms with Crippen LogP contribution < -0.4 is 9.64 Å². The highest BCUT2D eigenvalue weighted by Crippen LogP contribution is 2.41. The largest absolute Gasteiger partial charge is 0.497 e. The van der Waals surface area contributed by atoms with Crippen LogP contribution in [0, 0.1) is 22.9 Å². The lowest BCUT2D eigenvalue weighted by molar-refractivity contribution is 0.0235. The Morgan fingerprint density at radius 1 is 1.10 bits per heavy atom. The van der Waals surface area contributed by atoms with E-state index in [-0.39, 0.29) is 12.0 Å². The van der Waals surface area contributed by atoms with Crippen molar-refractivity contribution in [3.8, 4) is 5.75 Å². The van der Waals surface area contributed by atoms with E-state index in [0.717, 1.165) is 66.8 Å². The normalized spacial score (nSPS) is 16.4. The average Bonchev–Trinajstić information content (AvgIpc) is 2.94. The summed E-state index contributed by atoms with van der Waals surface area (Å²) < 4.78 is 45.6. The first-order valence-electron chi connectivity index (χ1n) is 13.4. The molecule has 2 heterocycles. The van der Waals surface area contributed by atoms with Gasteiger partial charge in [-0.25, -0.2) is 13.2 Å². The fourth-order valence-corrected chi connectivity index (χ4v) is 5.60. The molecule has 0 spiro atoms. The number of aliphatic hydroxyl groups is 2. The zero-order chi connectivity index (χ0) is 28.2. The van der Waals surface area contributed by atoms with E-state index >= 15 is 0 Å². The SMILES string of the molecule is COc1ccc2ncc(N(C)C)c([C@H](O)CCC3(CO)CCN(CCCc4cc(F)c(F)c(F)c4)CC3)c2c1. The monoisotopic (exact) mass is 545 g/mol. The summed E-state index contributed by atoms with van der Waals surface area (Å²) in [6, 6.07) is 7.76. The van der Waals surface area contributed by atoms with Crippen LogP contribution in [0.5, 0.6) is 5.75 Å². The standard InChI is InChI=1S/C30H38F3N3O3/c1-35(2)26-18-34-25-7-6-21(39-3)17-22(25)28(26)27(38)8-9-30(19-37)10-13-36(14-11-30)12-4-5-20-15-23(31)29(33)24(32)16-20/h6-7,15-18,27,37-38H,4-5,8-14,19H2,1-3H3/t27-/m1/s1. The number of pyridine rings is 1. The van der Waals surface area contributed by atoms with Gasteiger partial charge in [0.25, 0.3) is 0 Å². The molecule has 0 saturated carbocycles. The summed E-state index contributed by atoms with van der Waals surface area (Å²) in [5, 5.41) is 22.6. The average molecular weight is 546 g/mol. The smallest absolute Gasteiger partial charge is 0.194 e. The number of hydrogen-bond donors (Lipinski definition) is 2. The summed E-state index contributed by atoms with van der Waals surface area (Å²) >= 11 is 0. The van der Waals surface area contributed by atoms with E-state index in [4.69, 9.17) is 4.74 Å². The zero-order valence-electron chi connectivity index (χ0n) is 22.9. The molecule has 6 nitrogen and oxygen atoms in total. The molecule has 1 aromatic heterocycles. The molecule has 1 aliphatic rings. The van der Waals surface area contributed by atoms with Crippen molar-refractivity contribution in [2.24, 2.45) is 5.41 Å². The molecule has 9 heteroatoms. The Kier molecular flexibility index (Phi) is 9.35. The summed E-state index contributed by atoms with van der Waals surface area (Å²) in [5.74, 6) is -3.05. The molecule has 0 unspecified atom stereocenters. The first-order chi connectivity index (χ1) is 18.7. The van der Waals surface area contributed by atoms with Gasteiger partial charge in [-0.05, 0) is 99.5 Å². The Morgan fingerprint density at radius 3 is 2.41 bits per heavy atom. The molecule has 1 saturated heterocycles. The van der Waals surface area contributed by atoms with Crippen molar-refractivity contribution in [1.82, 2.24) is 9.88 Å². The van der Waals surface area contributed by atoms with Gasteiger partial charge >= 0.3 is 0 Å². The highest BCUT2D eigenvalue weighted by atomic mass is 19.2. The van der Waals surface area contributed by atoms with E-state index in [1.807, 2.05) is 37.2 Å². The number of nitrogens with zero attached hydrogens (tertiary/aromatic N) is 3. The van der Waals surface area contributed by atoms with Crippen molar-refractivity contribution in [3.05, 3.63) is 65.1 Å². The number of fused-ring (bicyclic) bond motifs is 1. The third kappa shape index (κ3) is 6.65. The predicted molar refractivity (Wildman–Crippen MR) is 147 cm³/mol. The Hall–Kier alpha value is -2.88. The van der Waals surface area contributed by atoms with Crippen LogP contribution in [0.3, 0.4) is 0 Å². The summed E-state index contributed by atoms with van der Waals surface area (Å²) in [6.45, 7) is 2.39. The molecular formula is C30H38F3N3O3. The van der Waals surface area contributed by atoms with Crippen molar-refractivity contribution in [1.29, 1.82) is 0 Å². The Labute approximate surface area is 228 Å². The number of rotatable bonds is 11. The molecular weight excluding hydrogens is 507 g/mol. The minimum atomic E-state index is -1.44. The van der Waals surface area contributed by atoms with E-state index in [1.54, 1.807) is 13.3 Å². The molecule has 4 rings (SSSR count). The number of likely N-dealkylation sites (tertiary alicyclic amines) is 1. The Bertz CT molecular complexity index is 1260. The van der Waals surface area contributed by atoms with E-state index in [9.17, 15) is 23.4 Å². The summed E-state index contributed by atoms with van der Waals surface area (Å²) in [5.41, 5.74) is 2.60. The van der Waals surface area contributed by atoms with Gasteiger partial charge in [-0.3, -0.25) is 4.98 Å². The summed E-state index contributed by atoms with van der Waals surface area (Å²) in [4.78, 5) is 8.79. The van der Waals surface area contributed by atoms with Crippen molar-refractivity contribution < 1.29 is 28.1 Å². The molecule has 0 radical (unpaired) electrons. The lowest BCUT2D eigenvalue weighted by atomic mass is 9.74. The molecule has 1 atom stereocenters. The maximum absolute atomic E-state index is 13.5. The minimum absolute atomic E-state index is 0.0488. The predicted octanol–water partition coefficient (Wildman–Crippen LogP) is 5.25. The molecule has 0 bridgehead atoms. The number of hydrogen-bond acceptors (Lipinski definition) is 6. The fraction of sp³-hybridized carbons (Fsp3) is 0.500. The Morgan fingerprint density at radius 2 is 1.79 bits per heavy atom. The van der Waals surface area contributed by atoms with Crippen LogP contribution in [0.15, 0.2) is 36.5 Å². The van der Waals surface area contributed by atoms with E-state index < -0.39 is 23.6 Å². The molecule has 0 aliphatic carbocycles. The number of methoxy groups -OCH3 is 1. The van der Waals surface area contributed by atoms with Gasteiger partial charge in [0.05, 0.1) is 30.6 Å². The molecule has 2 aromatic carbocycles. The van der Waals surface area contributed by atoms with Gasteiger partial charge in [0, 0.05) is 31.7 Å². The van der Waals surface area contributed by atoms with E-state index in [2.05, 4.69) is 9.88 Å². The van der Waals surface area contributed by atoms with Gasteiger partial charge in [0.15, 0.2) is 17.5 Å². The maximum Gasteiger partial charge on any atom is 0.194 e. The third-order valence-electron chi connectivity index (χ3n) is 8.09. The number of aromatic nitrogens is 1. The van der Waals surface area contributed by atoms with Crippen LogP contribution in [-0.4, -0.2) is 67.5 Å². The second-order valence-electron chi connectivity index (χ2n) is 10.9.